The maximum atomic E-state index is 11.9. The highest BCUT2D eigenvalue weighted by molar-refractivity contribution is 5.89. The van der Waals surface area contributed by atoms with Crippen LogP contribution in [0.1, 0.15) is 16.2 Å². The van der Waals surface area contributed by atoms with Crippen molar-refractivity contribution >= 4 is 11.8 Å². The lowest BCUT2D eigenvalue weighted by Gasteiger charge is -2.08. The Labute approximate surface area is 133 Å². The molecule has 0 saturated heterocycles. The van der Waals surface area contributed by atoms with E-state index < -0.39 is 5.97 Å². The van der Waals surface area contributed by atoms with Gasteiger partial charge in [0.15, 0.2) is 5.82 Å². The highest BCUT2D eigenvalue weighted by Crippen LogP contribution is 2.19. The Balaban J connectivity index is 1.76. The number of nitrogens with zero attached hydrogens (tertiary/aromatic N) is 2. The molecule has 3 rings (SSSR count). The molecule has 114 valence electrons. The summed E-state index contributed by atoms with van der Waals surface area (Å²) in [5.74, 6) is 0.549. The molecule has 0 radical (unpaired) electrons. The minimum Gasteiger partial charge on any atom is -0.336 e. The van der Waals surface area contributed by atoms with Gasteiger partial charge in [0, 0.05) is 11.6 Å². The van der Waals surface area contributed by atoms with Gasteiger partial charge in [-0.2, -0.15) is 5.48 Å². The molecular formula is C18H15N3O2. The number of carbonyl (C=O) groups is 1. The molecule has 0 spiro atoms. The van der Waals surface area contributed by atoms with Gasteiger partial charge >= 0.3 is 5.97 Å². The molecule has 1 aromatic heterocycles. The van der Waals surface area contributed by atoms with Crippen molar-refractivity contribution in [2.24, 2.45) is 0 Å². The third-order valence-corrected chi connectivity index (χ3v) is 3.17. The van der Waals surface area contributed by atoms with E-state index in [1.54, 1.807) is 37.3 Å². The van der Waals surface area contributed by atoms with Crippen molar-refractivity contribution in [1.82, 2.24) is 9.97 Å². The monoisotopic (exact) mass is 305 g/mol. The van der Waals surface area contributed by atoms with Gasteiger partial charge in [0.2, 0.25) is 0 Å². The van der Waals surface area contributed by atoms with Crippen molar-refractivity contribution in [2.75, 3.05) is 5.48 Å². The van der Waals surface area contributed by atoms with E-state index >= 15 is 0 Å². The Morgan fingerprint density at radius 3 is 2.30 bits per heavy atom. The molecule has 0 aliphatic heterocycles. The fourth-order valence-electron chi connectivity index (χ4n) is 2.11. The normalized spacial score (nSPS) is 10.1. The molecule has 3 aromatic rings. The molecule has 2 aromatic carbocycles. The molecule has 5 heteroatoms. The van der Waals surface area contributed by atoms with Gasteiger partial charge in [0.05, 0.1) is 11.3 Å². The highest BCUT2D eigenvalue weighted by atomic mass is 16.7. The summed E-state index contributed by atoms with van der Waals surface area (Å²) in [6.45, 7) is 1.79. The molecule has 0 saturated carbocycles. The summed E-state index contributed by atoms with van der Waals surface area (Å²) in [7, 11) is 0. The lowest BCUT2D eigenvalue weighted by atomic mass is 10.1. The van der Waals surface area contributed by atoms with E-state index in [1.165, 1.54) is 0 Å². The number of hydrogen-bond donors (Lipinski definition) is 1. The fraction of sp³-hybridized carbons (Fsp3) is 0.0556. The van der Waals surface area contributed by atoms with Crippen molar-refractivity contribution in [3.05, 3.63) is 78.1 Å². The Kier molecular flexibility index (Phi) is 4.29. The summed E-state index contributed by atoms with van der Waals surface area (Å²) in [5.41, 5.74) is 4.79. The van der Waals surface area contributed by atoms with Crippen LogP contribution in [0.5, 0.6) is 0 Å². The summed E-state index contributed by atoms with van der Waals surface area (Å²) >= 11 is 0. The van der Waals surface area contributed by atoms with E-state index in [4.69, 9.17) is 4.84 Å². The molecule has 0 aliphatic carbocycles. The molecule has 1 heterocycles. The summed E-state index contributed by atoms with van der Waals surface area (Å²) < 4.78 is 0. The molecule has 1 N–H and O–H groups in total. The fourth-order valence-corrected chi connectivity index (χ4v) is 2.11. The summed E-state index contributed by atoms with van der Waals surface area (Å²) in [4.78, 5) is 25.6. The molecular weight excluding hydrogens is 290 g/mol. The smallest absolute Gasteiger partial charge is 0.336 e. The van der Waals surface area contributed by atoms with Crippen molar-refractivity contribution in [3.8, 4) is 11.3 Å². The Hall–Kier alpha value is -3.21. The maximum Gasteiger partial charge on any atom is 0.362 e. The van der Waals surface area contributed by atoms with E-state index in [2.05, 4.69) is 15.4 Å². The molecule has 5 nitrogen and oxygen atoms in total. The molecule has 0 aliphatic rings. The van der Waals surface area contributed by atoms with Crippen molar-refractivity contribution < 1.29 is 9.63 Å². The van der Waals surface area contributed by atoms with Gasteiger partial charge in [-0.25, -0.2) is 14.8 Å². The third kappa shape index (κ3) is 3.71. The minimum atomic E-state index is -0.469. The quantitative estimate of drug-likeness (QED) is 0.746. The largest absolute Gasteiger partial charge is 0.362 e. The predicted molar refractivity (Wildman–Crippen MR) is 87.7 cm³/mol. The minimum absolute atomic E-state index is 0.431. The van der Waals surface area contributed by atoms with Crippen LogP contribution < -0.4 is 5.48 Å². The second-order valence-corrected chi connectivity index (χ2v) is 4.91. The first-order valence-corrected chi connectivity index (χ1v) is 7.16. The number of aromatic nitrogens is 2. The van der Waals surface area contributed by atoms with Gasteiger partial charge in [0.25, 0.3) is 0 Å². The zero-order valence-electron chi connectivity index (χ0n) is 12.6. The molecule has 23 heavy (non-hydrogen) atoms. The van der Waals surface area contributed by atoms with Crippen LogP contribution in [0.25, 0.3) is 11.3 Å². The van der Waals surface area contributed by atoms with Crippen molar-refractivity contribution in [2.45, 2.75) is 6.92 Å². The van der Waals surface area contributed by atoms with E-state index in [9.17, 15) is 4.79 Å². The SMILES string of the molecule is Cc1nc(NOC(=O)c2ccccc2)cc(-c2ccccc2)n1. The number of rotatable bonds is 4. The topological polar surface area (TPSA) is 64.1 Å². The third-order valence-electron chi connectivity index (χ3n) is 3.17. The van der Waals surface area contributed by atoms with Crippen LogP contribution in [0.15, 0.2) is 66.7 Å². The number of hydrogen-bond acceptors (Lipinski definition) is 5. The summed E-state index contributed by atoms with van der Waals surface area (Å²) in [5, 5.41) is 0. The van der Waals surface area contributed by atoms with Gasteiger partial charge < -0.3 is 4.84 Å². The number of carbonyl (C=O) groups excluding carboxylic acids is 1. The summed E-state index contributed by atoms with van der Waals surface area (Å²) in [6.07, 6.45) is 0. The van der Waals surface area contributed by atoms with E-state index in [-0.39, 0.29) is 0 Å². The number of aryl methyl sites for hydroxylation is 1. The van der Waals surface area contributed by atoms with Crippen molar-refractivity contribution in [1.29, 1.82) is 0 Å². The maximum absolute atomic E-state index is 11.9. The number of nitrogens with one attached hydrogen (secondary N) is 1. The first-order chi connectivity index (χ1) is 11.2. The molecule has 0 bridgehead atoms. The predicted octanol–water partition coefficient (Wildman–Crippen LogP) is 3.64. The standard InChI is InChI=1S/C18H15N3O2/c1-13-19-16(14-8-4-2-5-9-14)12-17(20-13)21-23-18(22)15-10-6-3-7-11-15/h2-12H,1H3,(H,19,20,21). The second-order valence-electron chi connectivity index (χ2n) is 4.91. The zero-order chi connectivity index (χ0) is 16.1. The lowest BCUT2D eigenvalue weighted by molar-refractivity contribution is 0.0594. The van der Waals surface area contributed by atoms with Gasteiger partial charge in [0.1, 0.15) is 5.82 Å². The average Bonchev–Trinajstić information content (AvgIpc) is 2.61. The molecule has 0 fully saturated rings. The first kappa shape index (κ1) is 14.7. The van der Waals surface area contributed by atoms with Crippen molar-refractivity contribution in [3.63, 3.8) is 0 Å². The van der Waals surface area contributed by atoms with Crippen LogP contribution in [0.4, 0.5) is 5.82 Å². The van der Waals surface area contributed by atoms with Gasteiger partial charge in [-0.3, -0.25) is 0 Å². The van der Waals surface area contributed by atoms with Crippen LogP contribution in [0.2, 0.25) is 0 Å². The molecule has 0 unspecified atom stereocenters. The zero-order valence-corrected chi connectivity index (χ0v) is 12.6. The lowest BCUT2D eigenvalue weighted by Crippen LogP contribution is -2.12. The molecule has 0 atom stereocenters. The highest BCUT2D eigenvalue weighted by Gasteiger charge is 2.09. The number of benzene rings is 2. The average molecular weight is 305 g/mol. The Morgan fingerprint density at radius 1 is 0.957 bits per heavy atom. The first-order valence-electron chi connectivity index (χ1n) is 7.16. The van der Waals surface area contributed by atoms with E-state index in [0.717, 1.165) is 11.3 Å². The van der Waals surface area contributed by atoms with Crippen LogP contribution in [0.3, 0.4) is 0 Å². The second kappa shape index (κ2) is 6.70. The van der Waals surface area contributed by atoms with Crippen LogP contribution in [0, 0.1) is 6.92 Å². The molecule has 0 amide bonds. The van der Waals surface area contributed by atoms with Crippen LogP contribution in [-0.4, -0.2) is 15.9 Å². The van der Waals surface area contributed by atoms with Crippen LogP contribution in [-0.2, 0) is 4.84 Å². The Bertz CT molecular complexity index is 805. The van der Waals surface area contributed by atoms with Crippen LogP contribution >= 0.6 is 0 Å². The van der Waals surface area contributed by atoms with Gasteiger partial charge in [-0.15, -0.1) is 0 Å². The van der Waals surface area contributed by atoms with E-state index in [1.807, 2.05) is 36.4 Å². The van der Waals surface area contributed by atoms with Gasteiger partial charge in [-0.1, -0.05) is 48.5 Å². The van der Waals surface area contributed by atoms with E-state index in [0.29, 0.717) is 17.2 Å². The van der Waals surface area contributed by atoms with Gasteiger partial charge in [-0.05, 0) is 19.1 Å². The number of anilines is 1. The summed E-state index contributed by atoms with van der Waals surface area (Å²) in [6, 6.07) is 20.2. The Morgan fingerprint density at radius 2 is 1.61 bits per heavy atom.